The zero-order chi connectivity index (χ0) is 18.3. The van der Waals surface area contributed by atoms with Crippen molar-refractivity contribution in [1.29, 1.82) is 0 Å². The van der Waals surface area contributed by atoms with Crippen LogP contribution in [0, 0.1) is 5.41 Å². The highest BCUT2D eigenvalue weighted by Gasteiger charge is 2.48. The van der Waals surface area contributed by atoms with Crippen LogP contribution in [-0.2, 0) is 14.4 Å². The Balaban J connectivity index is 1.50. The van der Waals surface area contributed by atoms with Gasteiger partial charge in [0.05, 0.1) is 11.8 Å². The van der Waals surface area contributed by atoms with Gasteiger partial charge >= 0.3 is 0 Å². The van der Waals surface area contributed by atoms with Gasteiger partial charge in [-0.25, -0.2) is 0 Å². The Hall–Kier alpha value is -1.95. The van der Waals surface area contributed by atoms with Crippen molar-refractivity contribution in [3.05, 3.63) is 28.0 Å². The SMILES string of the molecule is CN1CCCC2(CCN(C(=O)CC3=C(c4cccs4)CCC3=O)C2)C1=O. The van der Waals surface area contributed by atoms with E-state index >= 15 is 0 Å². The predicted molar refractivity (Wildman–Crippen MR) is 101 cm³/mol. The molecule has 0 saturated carbocycles. The van der Waals surface area contributed by atoms with Crippen LogP contribution in [0.2, 0.25) is 0 Å². The molecule has 1 aromatic heterocycles. The molecule has 3 aliphatic rings. The number of amides is 2. The number of nitrogens with zero attached hydrogens (tertiary/aromatic N) is 2. The summed E-state index contributed by atoms with van der Waals surface area (Å²) >= 11 is 1.62. The van der Waals surface area contributed by atoms with E-state index in [0.717, 1.165) is 42.7 Å². The molecular formula is C20H24N2O3S. The van der Waals surface area contributed by atoms with Crippen molar-refractivity contribution in [2.45, 2.75) is 38.5 Å². The van der Waals surface area contributed by atoms with Crippen molar-refractivity contribution < 1.29 is 14.4 Å². The number of allylic oxidation sites excluding steroid dienone is 1. The van der Waals surface area contributed by atoms with Crippen LogP contribution >= 0.6 is 11.3 Å². The summed E-state index contributed by atoms with van der Waals surface area (Å²) in [5, 5.41) is 2.00. The number of ketones is 1. The third-order valence-corrected chi connectivity index (χ3v) is 7.03. The number of carbonyl (C=O) groups is 3. The molecule has 0 aromatic carbocycles. The van der Waals surface area contributed by atoms with Gasteiger partial charge in [-0.1, -0.05) is 6.07 Å². The van der Waals surface area contributed by atoms with Crippen LogP contribution in [0.25, 0.3) is 5.57 Å². The first kappa shape index (κ1) is 17.5. The lowest BCUT2D eigenvalue weighted by atomic mass is 9.78. The Morgan fingerprint density at radius 2 is 2.08 bits per heavy atom. The molecule has 0 radical (unpaired) electrons. The van der Waals surface area contributed by atoms with E-state index in [9.17, 15) is 14.4 Å². The number of likely N-dealkylation sites (tertiary alicyclic amines) is 2. The first-order valence-electron chi connectivity index (χ1n) is 9.33. The van der Waals surface area contributed by atoms with Crippen LogP contribution in [0.5, 0.6) is 0 Å². The lowest BCUT2D eigenvalue weighted by molar-refractivity contribution is -0.144. The Morgan fingerprint density at radius 1 is 1.23 bits per heavy atom. The number of rotatable bonds is 3. The van der Waals surface area contributed by atoms with Gasteiger partial charge < -0.3 is 9.80 Å². The predicted octanol–water partition coefficient (Wildman–Crippen LogP) is 2.73. The minimum atomic E-state index is -0.396. The molecule has 1 spiro atoms. The van der Waals surface area contributed by atoms with Crippen LogP contribution in [0.1, 0.15) is 43.4 Å². The quantitative estimate of drug-likeness (QED) is 0.820. The Morgan fingerprint density at radius 3 is 2.85 bits per heavy atom. The van der Waals surface area contributed by atoms with E-state index in [1.165, 1.54) is 0 Å². The Bertz CT molecular complexity index is 783. The van der Waals surface area contributed by atoms with Crippen LogP contribution < -0.4 is 0 Å². The third-order valence-electron chi connectivity index (χ3n) is 6.11. The maximum absolute atomic E-state index is 12.9. The maximum atomic E-state index is 12.9. The summed E-state index contributed by atoms with van der Waals surface area (Å²) in [4.78, 5) is 42.6. The second-order valence-electron chi connectivity index (χ2n) is 7.71. The van der Waals surface area contributed by atoms with Crippen molar-refractivity contribution in [2.24, 2.45) is 5.41 Å². The number of thiophene rings is 1. The molecule has 2 aliphatic heterocycles. The summed E-state index contributed by atoms with van der Waals surface area (Å²) < 4.78 is 0. The summed E-state index contributed by atoms with van der Waals surface area (Å²) in [6.45, 7) is 1.93. The molecule has 1 unspecified atom stereocenters. The van der Waals surface area contributed by atoms with E-state index < -0.39 is 5.41 Å². The van der Waals surface area contributed by atoms with Crippen molar-refractivity contribution in [3.8, 4) is 0 Å². The molecule has 4 rings (SSSR count). The van der Waals surface area contributed by atoms with E-state index in [0.29, 0.717) is 25.1 Å². The molecule has 5 nitrogen and oxygen atoms in total. The molecule has 0 N–H and O–H groups in total. The molecule has 1 atom stereocenters. The highest BCUT2D eigenvalue weighted by Crippen LogP contribution is 2.41. The van der Waals surface area contributed by atoms with E-state index in [1.54, 1.807) is 16.2 Å². The summed E-state index contributed by atoms with van der Waals surface area (Å²) in [6, 6.07) is 4.00. The second kappa shape index (κ2) is 6.65. The van der Waals surface area contributed by atoms with Gasteiger partial charge in [0.2, 0.25) is 11.8 Å². The molecular weight excluding hydrogens is 348 g/mol. The minimum absolute atomic E-state index is 0.0118. The zero-order valence-electron chi connectivity index (χ0n) is 15.1. The molecule has 26 heavy (non-hydrogen) atoms. The summed E-state index contributed by atoms with van der Waals surface area (Å²) in [5.41, 5.74) is 1.33. The molecule has 6 heteroatoms. The first-order chi connectivity index (χ1) is 12.5. The molecule has 138 valence electrons. The fourth-order valence-corrected chi connectivity index (χ4v) is 5.46. The summed E-state index contributed by atoms with van der Waals surface area (Å²) in [6.07, 6.45) is 4.01. The second-order valence-corrected chi connectivity index (χ2v) is 8.66. The topological polar surface area (TPSA) is 57.7 Å². The number of piperidine rings is 1. The van der Waals surface area contributed by atoms with Gasteiger partial charge in [0.15, 0.2) is 5.78 Å². The van der Waals surface area contributed by atoms with Crippen LogP contribution in [0.4, 0.5) is 0 Å². The van der Waals surface area contributed by atoms with E-state index in [1.807, 2.05) is 29.5 Å². The summed E-state index contributed by atoms with van der Waals surface area (Å²) in [5.74, 6) is 0.265. The van der Waals surface area contributed by atoms with Crippen molar-refractivity contribution in [2.75, 3.05) is 26.7 Å². The largest absolute Gasteiger partial charge is 0.345 e. The van der Waals surface area contributed by atoms with Gasteiger partial charge in [-0.05, 0) is 42.7 Å². The highest BCUT2D eigenvalue weighted by atomic mass is 32.1. The molecule has 0 bridgehead atoms. The highest BCUT2D eigenvalue weighted by molar-refractivity contribution is 7.11. The van der Waals surface area contributed by atoms with E-state index in [4.69, 9.17) is 0 Å². The molecule has 3 heterocycles. The van der Waals surface area contributed by atoms with Gasteiger partial charge in [0.25, 0.3) is 0 Å². The zero-order valence-corrected chi connectivity index (χ0v) is 15.9. The fraction of sp³-hybridized carbons (Fsp3) is 0.550. The van der Waals surface area contributed by atoms with Gasteiger partial charge in [0.1, 0.15) is 0 Å². The molecule has 1 aromatic rings. The van der Waals surface area contributed by atoms with Gasteiger partial charge in [-0.3, -0.25) is 14.4 Å². The molecule has 2 fully saturated rings. The lowest BCUT2D eigenvalue weighted by Gasteiger charge is -2.37. The number of hydrogen-bond donors (Lipinski definition) is 0. The Kier molecular flexibility index (Phi) is 4.47. The van der Waals surface area contributed by atoms with Crippen LogP contribution in [0.3, 0.4) is 0 Å². The first-order valence-corrected chi connectivity index (χ1v) is 10.2. The maximum Gasteiger partial charge on any atom is 0.230 e. The number of hydrogen-bond acceptors (Lipinski definition) is 4. The van der Waals surface area contributed by atoms with Gasteiger partial charge in [-0.2, -0.15) is 0 Å². The van der Waals surface area contributed by atoms with Crippen molar-refractivity contribution in [3.63, 3.8) is 0 Å². The van der Waals surface area contributed by atoms with Crippen LogP contribution in [-0.4, -0.2) is 54.1 Å². The molecule has 1 aliphatic carbocycles. The standard InChI is InChI=1S/C20H24N2O3S/c1-21-9-3-7-20(19(21)25)8-10-22(13-20)18(24)12-15-14(5-6-16(15)23)17-4-2-11-26-17/h2,4,11H,3,5-10,12-13H2,1H3. The van der Waals surface area contributed by atoms with Gasteiger partial charge in [0, 0.05) is 43.6 Å². The lowest BCUT2D eigenvalue weighted by Crippen LogP contribution is -2.48. The van der Waals surface area contributed by atoms with E-state index in [-0.39, 0.29) is 24.0 Å². The molecule has 2 saturated heterocycles. The Labute approximate surface area is 157 Å². The average Bonchev–Trinajstić information content (AvgIpc) is 3.35. The number of carbonyl (C=O) groups excluding carboxylic acids is 3. The van der Waals surface area contributed by atoms with Crippen molar-refractivity contribution >= 4 is 34.5 Å². The average molecular weight is 372 g/mol. The minimum Gasteiger partial charge on any atom is -0.345 e. The fourth-order valence-electron chi connectivity index (χ4n) is 4.63. The molecule has 2 amide bonds. The smallest absolute Gasteiger partial charge is 0.230 e. The van der Waals surface area contributed by atoms with Crippen LogP contribution in [0.15, 0.2) is 23.1 Å². The van der Waals surface area contributed by atoms with E-state index in [2.05, 4.69) is 0 Å². The van der Waals surface area contributed by atoms with Gasteiger partial charge in [-0.15, -0.1) is 11.3 Å². The van der Waals surface area contributed by atoms with Crippen molar-refractivity contribution in [1.82, 2.24) is 9.80 Å². The third kappa shape index (κ3) is 2.90. The normalized spacial score (nSPS) is 26.5. The summed E-state index contributed by atoms with van der Waals surface area (Å²) in [7, 11) is 1.85. The number of Topliss-reactive ketones (excluding diaryl/α,β-unsaturated/α-hetero) is 1. The monoisotopic (exact) mass is 372 g/mol.